The number of rotatable bonds is 2. The van der Waals surface area contributed by atoms with Gasteiger partial charge in [-0.15, -0.1) is 0 Å². The smallest absolute Gasteiger partial charge is 0.136 e. The average molecular weight is 356 g/mol. The maximum absolute atomic E-state index is 12.5. The third-order valence-corrected chi connectivity index (χ3v) is 5.33. The van der Waals surface area contributed by atoms with Gasteiger partial charge in [-0.05, 0) is 51.0 Å². The lowest BCUT2D eigenvalue weighted by molar-refractivity contribution is -0.131. The van der Waals surface area contributed by atoms with Crippen molar-refractivity contribution in [1.29, 1.82) is 5.26 Å². The first-order chi connectivity index (χ1) is 11.7. The third kappa shape index (κ3) is 2.74. The van der Waals surface area contributed by atoms with Crippen LogP contribution < -0.4 is 0 Å². The zero-order chi connectivity index (χ0) is 18.5. The predicted molar refractivity (Wildman–Crippen MR) is 94.9 cm³/mol. The van der Waals surface area contributed by atoms with E-state index in [1.54, 1.807) is 6.92 Å². The fourth-order valence-electron chi connectivity index (χ4n) is 4.11. The van der Waals surface area contributed by atoms with Gasteiger partial charge in [0, 0.05) is 12.1 Å². The molecular formula is C19H20N2O3S. The van der Waals surface area contributed by atoms with Crippen molar-refractivity contribution < 1.29 is 14.3 Å². The van der Waals surface area contributed by atoms with Crippen molar-refractivity contribution in [3.63, 3.8) is 0 Å². The maximum Gasteiger partial charge on any atom is 0.136 e. The van der Waals surface area contributed by atoms with Gasteiger partial charge >= 0.3 is 0 Å². The number of carbonyl (C=O) groups is 1. The van der Waals surface area contributed by atoms with Crippen LogP contribution in [0.2, 0.25) is 0 Å². The highest BCUT2D eigenvalue weighted by Gasteiger charge is 2.49. The number of furan rings is 1. The van der Waals surface area contributed by atoms with Crippen LogP contribution in [0, 0.1) is 35.7 Å². The molecule has 2 heterocycles. The number of nitrogens with one attached hydrogen (secondary N) is 1. The van der Waals surface area contributed by atoms with E-state index >= 15 is 0 Å². The Labute approximate surface area is 151 Å². The minimum atomic E-state index is -1.30. The fraction of sp³-hybridized carbons (Fsp3) is 0.421. The molecule has 0 fully saturated rings. The molecule has 0 aliphatic heterocycles. The molecule has 130 valence electrons. The second-order valence-corrected chi connectivity index (χ2v) is 7.41. The number of nitrogens with zero attached hydrogens (tertiary/aromatic N) is 1. The van der Waals surface area contributed by atoms with E-state index in [1.807, 2.05) is 26.0 Å². The van der Waals surface area contributed by atoms with E-state index in [-0.39, 0.29) is 12.2 Å². The summed E-state index contributed by atoms with van der Waals surface area (Å²) >= 11 is 5.29. The van der Waals surface area contributed by atoms with Crippen LogP contribution in [0.1, 0.15) is 53.7 Å². The number of aliphatic hydroxyl groups is 1. The van der Waals surface area contributed by atoms with Crippen molar-refractivity contribution in [2.24, 2.45) is 5.92 Å². The van der Waals surface area contributed by atoms with Crippen molar-refractivity contribution in [1.82, 2.24) is 4.98 Å². The molecule has 0 radical (unpaired) electrons. The molecule has 0 aromatic carbocycles. The number of fused-ring (bicyclic) bond motifs is 1. The van der Waals surface area contributed by atoms with Crippen LogP contribution >= 0.6 is 12.2 Å². The molecule has 2 aromatic heterocycles. The van der Waals surface area contributed by atoms with Gasteiger partial charge in [0.15, 0.2) is 0 Å². The van der Waals surface area contributed by atoms with Gasteiger partial charge in [0.2, 0.25) is 0 Å². The van der Waals surface area contributed by atoms with Gasteiger partial charge in [0.05, 0.1) is 23.0 Å². The van der Waals surface area contributed by atoms with Crippen molar-refractivity contribution in [2.75, 3.05) is 0 Å². The minimum Gasteiger partial charge on any atom is -0.466 e. The predicted octanol–water partition coefficient (Wildman–Crippen LogP) is 3.47. The van der Waals surface area contributed by atoms with Crippen LogP contribution in [-0.2, 0) is 11.2 Å². The fourth-order valence-corrected chi connectivity index (χ4v) is 4.44. The molecule has 3 atom stereocenters. The monoisotopic (exact) mass is 356 g/mol. The summed E-state index contributed by atoms with van der Waals surface area (Å²) in [5.74, 6) is 0.0849. The van der Waals surface area contributed by atoms with Crippen molar-refractivity contribution >= 4 is 18.0 Å². The van der Waals surface area contributed by atoms with Crippen LogP contribution in [0.5, 0.6) is 0 Å². The van der Waals surface area contributed by atoms with E-state index in [0.717, 1.165) is 17.0 Å². The van der Waals surface area contributed by atoms with Gasteiger partial charge in [0.1, 0.15) is 28.0 Å². The zero-order valence-corrected chi connectivity index (χ0v) is 15.5. The number of ketones is 1. The number of hydrogen-bond acceptors (Lipinski definition) is 5. The molecule has 1 aliphatic rings. The van der Waals surface area contributed by atoms with Crippen molar-refractivity contribution in [3.8, 4) is 6.07 Å². The molecule has 2 N–H and O–H groups in total. The first kappa shape index (κ1) is 17.6. The Hall–Kier alpha value is -2.23. The summed E-state index contributed by atoms with van der Waals surface area (Å²) in [6.07, 6.45) is 0.199. The molecule has 3 unspecified atom stereocenters. The Morgan fingerprint density at radius 3 is 2.68 bits per heavy atom. The Morgan fingerprint density at radius 1 is 1.48 bits per heavy atom. The number of aryl methyl sites for hydroxylation is 2. The average Bonchev–Trinajstić information content (AvgIpc) is 2.91. The molecule has 0 spiro atoms. The summed E-state index contributed by atoms with van der Waals surface area (Å²) < 4.78 is 6.18. The minimum absolute atomic E-state index is 0.116. The molecule has 6 heteroatoms. The van der Waals surface area contributed by atoms with Gasteiger partial charge in [-0.2, -0.15) is 5.26 Å². The Kier molecular flexibility index (Phi) is 4.18. The number of nitriles is 1. The summed E-state index contributed by atoms with van der Waals surface area (Å²) in [6, 6.07) is 5.81. The summed E-state index contributed by atoms with van der Waals surface area (Å²) in [4.78, 5) is 15.5. The molecule has 3 rings (SSSR count). The van der Waals surface area contributed by atoms with E-state index < -0.39 is 17.4 Å². The quantitative estimate of drug-likeness (QED) is 0.804. The van der Waals surface area contributed by atoms with E-state index in [2.05, 4.69) is 11.1 Å². The summed E-state index contributed by atoms with van der Waals surface area (Å²) in [5, 5.41) is 20.6. The molecular weight excluding hydrogens is 336 g/mol. The molecule has 0 saturated carbocycles. The first-order valence-corrected chi connectivity index (χ1v) is 8.53. The van der Waals surface area contributed by atoms with E-state index in [0.29, 0.717) is 21.5 Å². The molecule has 0 saturated heterocycles. The van der Waals surface area contributed by atoms with E-state index in [9.17, 15) is 15.2 Å². The molecule has 2 aromatic rings. The van der Waals surface area contributed by atoms with Crippen molar-refractivity contribution in [2.45, 2.75) is 45.6 Å². The standard InChI is InChI=1S/C19H20N2O3S/c1-9-5-6-14(24-9)16-15-10(2)21-18(25)13(8-20)12(15)7-19(4,23)17(16)11(3)22/h5-6,16-17,23H,7H2,1-4H3,(H,21,25). The Morgan fingerprint density at radius 2 is 2.16 bits per heavy atom. The number of H-pyrrole nitrogens is 1. The summed E-state index contributed by atoms with van der Waals surface area (Å²) in [6.45, 7) is 6.83. The second-order valence-electron chi connectivity index (χ2n) is 7.01. The third-order valence-electron chi connectivity index (χ3n) is 5.03. The molecule has 25 heavy (non-hydrogen) atoms. The van der Waals surface area contributed by atoms with Crippen LogP contribution in [0.3, 0.4) is 0 Å². The largest absolute Gasteiger partial charge is 0.466 e. The Balaban J connectivity index is 2.40. The molecule has 1 aliphatic carbocycles. The zero-order valence-electron chi connectivity index (χ0n) is 14.6. The topological polar surface area (TPSA) is 90.0 Å². The number of aromatic amines is 1. The van der Waals surface area contributed by atoms with Crippen LogP contribution in [0.15, 0.2) is 16.5 Å². The number of carbonyl (C=O) groups excluding carboxylic acids is 1. The SMILES string of the molecule is CC(=O)C1C(c2ccc(C)o2)c2c(C)[nH]c(=S)c(C#N)c2CC1(C)O. The lowest BCUT2D eigenvalue weighted by Gasteiger charge is -2.42. The molecule has 0 bridgehead atoms. The van der Waals surface area contributed by atoms with Gasteiger partial charge in [-0.25, -0.2) is 0 Å². The highest BCUT2D eigenvalue weighted by atomic mass is 32.1. The number of Topliss-reactive ketones (excluding diaryl/α,β-unsaturated/α-hetero) is 1. The summed E-state index contributed by atoms with van der Waals surface area (Å²) in [5.41, 5.74) is 1.37. The number of aromatic nitrogens is 1. The number of pyridine rings is 1. The van der Waals surface area contributed by atoms with Gasteiger partial charge in [0.25, 0.3) is 0 Å². The van der Waals surface area contributed by atoms with Crippen LogP contribution in [0.25, 0.3) is 0 Å². The Bertz CT molecular complexity index is 962. The van der Waals surface area contributed by atoms with Crippen LogP contribution in [0.4, 0.5) is 0 Å². The van der Waals surface area contributed by atoms with Gasteiger partial charge in [-0.3, -0.25) is 4.79 Å². The van der Waals surface area contributed by atoms with E-state index in [1.165, 1.54) is 6.92 Å². The lowest BCUT2D eigenvalue weighted by Crippen LogP contribution is -2.48. The lowest BCUT2D eigenvalue weighted by atomic mass is 9.64. The van der Waals surface area contributed by atoms with E-state index in [4.69, 9.17) is 16.6 Å². The first-order valence-electron chi connectivity index (χ1n) is 8.12. The summed E-state index contributed by atoms with van der Waals surface area (Å²) in [7, 11) is 0. The maximum atomic E-state index is 12.5. The van der Waals surface area contributed by atoms with Gasteiger partial charge < -0.3 is 14.5 Å². The van der Waals surface area contributed by atoms with Crippen LogP contribution in [-0.4, -0.2) is 21.5 Å². The van der Waals surface area contributed by atoms with Gasteiger partial charge in [-0.1, -0.05) is 12.2 Å². The second kappa shape index (κ2) is 5.94. The normalized spacial score (nSPS) is 25.3. The highest BCUT2D eigenvalue weighted by Crippen LogP contribution is 2.48. The molecule has 0 amide bonds. The number of hydrogen-bond donors (Lipinski definition) is 2. The highest BCUT2D eigenvalue weighted by molar-refractivity contribution is 7.71. The van der Waals surface area contributed by atoms with Crippen molar-refractivity contribution in [3.05, 3.63) is 50.7 Å². The molecule has 5 nitrogen and oxygen atoms in total.